The minimum absolute atomic E-state index is 0.0502. The van der Waals surface area contributed by atoms with Crippen LogP contribution in [0.4, 0.5) is 0 Å². The number of carbonyl (C=O) groups is 1. The fraction of sp³-hybridized carbons (Fsp3) is 0.533. The van der Waals surface area contributed by atoms with Gasteiger partial charge in [-0.2, -0.15) is 0 Å². The fourth-order valence-corrected chi connectivity index (χ4v) is 2.99. The summed E-state index contributed by atoms with van der Waals surface area (Å²) in [6.07, 6.45) is 1.89. The first-order valence-corrected chi connectivity index (χ1v) is 8.98. The van der Waals surface area contributed by atoms with Crippen LogP contribution < -0.4 is 5.32 Å². The summed E-state index contributed by atoms with van der Waals surface area (Å²) in [5, 5.41) is 3.01. The highest BCUT2D eigenvalue weighted by Gasteiger charge is 2.20. The summed E-state index contributed by atoms with van der Waals surface area (Å²) >= 11 is 6.01. The van der Waals surface area contributed by atoms with Crippen LogP contribution in [0.2, 0.25) is 5.02 Å². The topological polar surface area (TPSA) is 66.5 Å². The van der Waals surface area contributed by atoms with Gasteiger partial charge in [-0.25, -0.2) is 12.7 Å². The van der Waals surface area contributed by atoms with E-state index < -0.39 is 10.0 Å². The second-order valence-electron chi connectivity index (χ2n) is 5.72. The number of halogens is 1. The highest BCUT2D eigenvalue weighted by Crippen LogP contribution is 2.22. The molecule has 0 saturated heterocycles. The third-order valence-corrected chi connectivity index (χ3v) is 5.35. The van der Waals surface area contributed by atoms with E-state index in [0.29, 0.717) is 12.5 Å². The highest BCUT2D eigenvalue weighted by atomic mass is 35.5. The van der Waals surface area contributed by atoms with E-state index in [2.05, 4.69) is 19.2 Å². The fourth-order valence-electron chi connectivity index (χ4n) is 1.86. The van der Waals surface area contributed by atoms with Crippen molar-refractivity contribution in [2.24, 2.45) is 5.92 Å². The van der Waals surface area contributed by atoms with Crippen LogP contribution in [-0.4, -0.2) is 39.3 Å². The van der Waals surface area contributed by atoms with Gasteiger partial charge in [0.25, 0.3) is 5.91 Å². The lowest BCUT2D eigenvalue weighted by Crippen LogP contribution is -2.26. The lowest BCUT2D eigenvalue weighted by Gasteiger charge is -2.13. The maximum Gasteiger partial charge on any atom is 0.252 e. The molecule has 22 heavy (non-hydrogen) atoms. The van der Waals surface area contributed by atoms with Gasteiger partial charge in [-0.15, -0.1) is 0 Å². The molecule has 0 unspecified atom stereocenters. The summed E-state index contributed by atoms with van der Waals surface area (Å²) in [6.45, 7) is 4.78. The molecule has 0 aliphatic heterocycles. The quantitative estimate of drug-likeness (QED) is 0.772. The van der Waals surface area contributed by atoms with Gasteiger partial charge in [-0.1, -0.05) is 25.4 Å². The first-order valence-electron chi connectivity index (χ1n) is 7.16. The predicted octanol–water partition coefficient (Wildman–Crippen LogP) is 2.76. The normalized spacial score (nSPS) is 12.0. The number of amides is 1. The van der Waals surface area contributed by atoms with Crippen molar-refractivity contribution in [2.75, 3.05) is 20.6 Å². The van der Waals surface area contributed by atoms with E-state index in [9.17, 15) is 13.2 Å². The average molecular weight is 347 g/mol. The number of sulfonamides is 1. The molecule has 0 atom stereocenters. The third-order valence-electron chi connectivity index (χ3n) is 3.20. The Kier molecular flexibility index (Phi) is 6.84. The first-order chi connectivity index (χ1) is 10.2. The second kappa shape index (κ2) is 7.94. The molecule has 0 radical (unpaired) electrons. The second-order valence-corrected chi connectivity index (χ2v) is 8.28. The Hall–Kier alpha value is -1.11. The maximum absolute atomic E-state index is 12.2. The minimum atomic E-state index is -3.59. The number of carbonyl (C=O) groups excluding carboxylic acids is 1. The van der Waals surface area contributed by atoms with Crippen molar-refractivity contribution in [3.05, 3.63) is 28.8 Å². The van der Waals surface area contributed by atoms with Crippen LogP contribution >= 0.6 is 11.6 Å². The number of nitrogens with one attached hydrogen (secondary N) is 1. The highest BCUT2D eigenvalue weighted by molar-refractivity contribution is 7.89. The number of hydrogen-bond donors (Lipinski definition) is 1. The van der Waals surface area contributed by atoms with E-state index in [-0.39, 0.29) is 21.4 Å². The van der Waals surface area contributed by atoms with Crippen LogP contribution in [-0.2, 0) is 10.0 Å². The van der Waals surface area contributed by atoms with Crippen LogP contribution in [0.5, 0.6) is 0 Å². The van der Waals surface area contributed by atoms with Crippen molar-refractivity contribution < 1.29 is 13.2 Å². The van der Waals surface area contributed by atoms with Crippen LogP contribution in [0, 0.1) is 5.92 Å². The van der Waals surface area contributed by atoms with Crippen LogP contribution in [0.15, 0.2) is 23.1 Å². The Balaban J connectivity index is 2.89. The van der Waals surface area contributed by atoms with Gasteiger partial charge in [0.2, 0.25) is 10.0 Å². The van der Waals surface area contributed by atoms with Crippen molar-refractivity contribution in [1.82, 2.24) is 9.62 Å². The van der Waals surface area contributed by atoms with Gasteiger partial charge in [-0.05, 0) is 37.0 Å². The first kappa shape index (κ1) is 18.9. The number of rotatable bonds is 7. The summed E-state index contributed by atoms with van der Waals surface area (Å²) in [5.41, 5.74) is 0.175. The van der Waals surface area contributed by atoms with Crippen LogP contribution in [0.3, 0.4) is 0 Å². The molecule has 1 rings (SSSR count). The van der Waals surface area contributed by atoms with Crippen LogP contribution in [0.1, 0.15) is 37.0 Å². The SMILES string of the molecule is CC(C)CCCNC(=O)c1cc(S(=O)(=O)N(C)C)ccc1Cl. The number of nitrogens with zero attached hydrogens (tertiary/aromatic N) is 1. The molecule has 1 aromatic rings. The summed E-state index contributed by atoms with van der Waals surface area (Å²) < 4.78 is 25.3. The zero-order valence-corrected chi connectivity index (χ0v) is 15.0. The zero-order valence-electron chi connectivity index (χ0n) is 13.4. The molecule has 0 spiro atoms. The van der Waals surface area contributed by atoms with E-state index in [4.69, 9.17) is 11.6 Å². The van der Waals surface area contributed by atoms with Gasteiger partial charge in [0, 0.05) is 20.6 Å². The molecular formula is C15H23ClN2O3S. The van der Waals surface area contributed by atoms with Gasteiger partial charge in [0.15, 0.2) is 0 Å². The van der Waals surface area contributed by atoms with Gasteiger partial charge in [-0.3, -0.25) is 4.79 Å². The van der Waals surface area contributed by atoms with Gasteiger partial charge in [0.05, 0.1) is 15.5 Å². The summed E-state index contributed by atoms with van der Waals surface area (Å²) in [4.78, 5) is 12.2. The van der Waals surface area contributed by atoms with Crippen molar-refractivity contribution in [1.29, 1.82) is 0 Å². The van der Waals surface area contributed by atoms with Gasteiger partial charge >= 0.3 is 0 Å². The Bertz CT molecular complexity index is 628. The predicted molar refractivity (Wildman–Crippen MR) is 88.7 cm³/mol. The molecule has 1 N–H and O–H groups in total. The Morgan fingerprint density at radius 2 is 1.95 bits per heavy atom. The Morgan fingerprint density at radius 3 is 2.50 bits per heavy atom. The zero-order chi connectivity index (χ0) is 16.9. The average Bonchev–Trinajstić information content (AvgIpc) is 2.43. The number of hydrogen-bond acceptors (Lipinski definition) is 3. The molecular weight excluding hydrogens is 324 g/mol. The molecule has 5 nitrogen and oxygen atoms in total. The molecule has 1 aromatic carbocycles. The van der Waals surface area contributed by atoms with E-state index >= 15 is 0 Å². The van der Waals surface area contributed by atoms with Crippen LogP contribution in [0.25, 0.3) is 0 Å². The van der Waals surface area contributed by atoms with Crippen molar-refractivity contribution >= 4 is 27.5 Å². The van der Waals surface area contributed by atoms with E-state index in [0.717, 1.165) is 17.1 Å². The monoisotopic (exact) mass is 346 g/mol. The number of benzene rings is 1. The molecule has 0 saturated carbocycles. The minimum Gasteiger partial charge on any atom is -0.352 e. The molecule has 0 heterocycles. The Morgan fingerprint density at radius 1 is 1.32 bits per heavy atom. The van der Waals surface area contributed by atoms with E-state index in [1.54, 1.807) is 0 Å². The third kappa shape index (κ3) is 4.97. The summed E-state index contributed by atoms with van der Waals surface area (Å²) in [6, 6.07) is 4.14. The van der Waals surface area contributed by atoms with E-state index in [1.807, 2.05) is 0 Å². The molecule has 0 aromatic heterocycles. The standard InChI is InChI=1S/C15H23ClN2O3S/c1-11(2)6-5-9-17-15(19)13-10-12(7-8-14(13)16)22(20,21)18(3)4/h7-8,10-11H,5-6,9H2,1-4H3,(H,17,19). The summed E-state index contributed by atoms with van der Waals surface area (Å²) in [7, 11) is -0.711. The molecule has 1 amide bonds. The molecule has 0 fully saturated rings. The van der Waals surface area contributed by atoms with Gasteiger partial charge < -0.3 is 5.32 Å². The van der Waals surface area contributed by atoms with Gasteiger partial charge in [0.1, 0.15) is 0 Å². The molecule has 0 aliphatic carbocycles. The smallest absolute Gasteiger partial charge is 0.252 e. The van der Waals surface area contributed by atoms with Crippen molar-refractivity contribution in [3.63, 3.8) is 0 Å². The lowest BCUT2D eigenvalue weighted by atomic mass is 10.1. The maximum atomic E-state index is 12.2. The molecule has 124 valence electrons. The Labute approximate surface area is 137 Å². The van der Waals surface area contributed by atoms with Crippen molar-refractivity contribution in [3.8, 4) is 0 Å². The molecule has 0 aliphatic rings. The van der Waals surface area contributed by atoms with E-state index in [1.165, 1.54) is 32.3 Å². The summed E-state index contributed by atoms with van der Waals surface area (Å²) in [5.74, 6) is 0.221. The molecule has 7 heteroatoms. The van der Waals surface area contributed by atoms with Crippen molar-refractivity contribution in [2.45, 2.75) is 31.6 Å². The lowest BCUT2D eigenvalue weighted by molar-refractivity contribution is 0.0952. The molecule has 0 bridgehead atoms. The largest absolute Gasteiger partial charge is 0.352 e.